The summed E-state index contributed by atoms with van der Waals surface area (Å²) >= 11 is 0. The normalized spacial score (nSPS) is 18.4. The van der Waals surface area contributed by atoms with E-state index in [2.05, 4.69) is 15.0 Å². The molecule has 1 aliphatic rings. The number of halogens is 3. The molecule has 0 bridgehead atoms. The Hall–Kier alpha value is -1.93. The van der Waals surface area contributed by atoms with Gasteiger partial charge in [-0.1, -0.05) is 17.3 Å². The second kappa shape index (κ2) is 8.18. The van der Waals surface area contributed by atoms with Crippen molar-refractivity contribution in [2.45, 2.75) is 44.5 Å². The number of hydrogen-bond donors (Lipinski definition) is 0. The number of alkyl halides is 3. The molecule has 1 aromatic carbocycles. The first-order valence-corrected chi connectivity index (χ1v) is 8.72. The summed E-state index contributed by atoms with van der Waals surface area (Å²) in [6.45, 7) is 2.18. The number of benzene rings is 1. The molecule has 142 valence electrons. The van der Waals surface area contributed by atoms with Crippen molar-refractivity contribution in [2.24, 2.45) is 0 Å². The molecule has 1 saturated heterocycles. The molecular weight excluding hydrogens is 347 g/mol. The largest absolute Gasteiger partial charge is 0.416 e. The second-order valence-electron chi connectivity index (χ2n) is 6.60. The van der Waals surface area contributed by atoms with Crippen molar-refractivity contribution < 1.29 is 22.4 Å². The predicted molar refractivity (Wildman–Crippen MR) is 89.3 cm³/mol. The van der Waals surface area contributed by atoms with Crippen LogP contribution in [0.25, 0.3) is 11.4 Å². The quantitative estimate of drug-likeness (QED) is 0.766. The Morgan fingerprint density at radius 3 is 2.62 bits per heavy atom. The summed E-state index contributed by atoms with van der Waals surface area (Å²) in [5.41, 5.74) is -0.208. The lowest BCUT2D eigenvalue weighted by Gasteiger charge is -2.24. The minimum absolute atomic E-state index is 0.290. The van der Waals surface area contributed by atoms with Crippen molar-refractivity contribution in [1.29, 1.82) is 0 Å². The van der Waals surface area contributed by atoms with Crippen molar-refractivity contribution in [3.05, 3.63) is 35.7 Å². The molecule has 0 saturated carbocycles. The summed E-state index contributed by atoms with van der Waals surface area (Å²) in [5, 5.41) is 3.86. The lowest BCUT2D eigenvalue weighted by molar-refractivity contribution is -0.137. The van der Waals surface area contributed by atoms with Crippen molar-refractivity contribution >= 4 is 0 Å². The van der Waals surface area contributed by atoms with Crippen molar-refractivity contribution in [1.82, 2.24) is 15.0 Å². The molecule has 0 amide bonds. The number of ether oxygens (including phenoxy) is 1. The zero-order valence-corrected chi connectivity index (χ0v) is 14.6. The van der Waals surface area contributed by atoms with E-state index in [-0.39, 0.29) is 5.82 Å². The van der Waals surface area contributed by atoms with Crippen LogP contribution < -0.4 is 0 Å². The van der Waals surface area contributed by atoms with E-state index in [4.69, 9.17) is 9.26 Å². The molecule has 0 N–H and O–H groups in total. The van der Waals surface area contributed by atoms with Gasteiger partial charge in [0.1, 0.15) is 0 Å². The zero-order chi connectivity index (χ0) is 18.6. The molecule has 3 rings (SSSR count). The van der Waals surface area contributed by atoms with Crippen LogP contribution in [0, 0.1) is 0 Å². The molecule has 8 heteroatoms. The van der Waals surface area contributed by atoms with Gasteiger partial charge in [-0.25, -0.2) is 0 Å². The summed E-state index contributed by atoms with van der Waals surface area (Å²) in [6, 6.07) is 4.73. The first-order chi connectivity index (χ1) is 12.4. The number of nitrogens with zero attached hydrogens (tertiary/aromatic N) is 3. The average Bonchev–Trinajstić information content (AvgIpc) is 3.09. The van der Waals surface area contributed by atoms with E-state index in [0.717, 1.165) is 44.5 Å². The summed E-state index contributed by atoms with van der Waals surface area (Å²) in [4.78, 5) is 6.35. The van der Waals surface area contributed by atoms with E-state index in [0.29, 0.717) is 24.1 Å². The molecule has 1 aliphatic heterocycles. The maximum absolute atomic E-state index is 12.6. The van der Waals surface area contributed by atoms with Gasteiger partial charge in [0.25, 0.3) is 0 Å². The Morgan fingerprint density at radius 2 is 1.96 bits per heavy atom. The smallest absolute Gasteiger partial charge is 0.378 e. The summed E-state index contributed by atoms with van der Waals surface area (Å²) in [6.07, 6.45) is 0.376. The predicted octanol–water partition coefficient (Wildman–Crippen LogP) is 4.15. The van der Waals surface area contributed by atoms with Gasteiger partial charge in [-0.3, -0.25) is 4.90 Å². The van der Waals surface area contributed by atoms with Crippen molar-refractivity contribution in [2.75, 3.05) is 20.2 Å². The van der Waals surface area contributed by atoms with Gasteiger partial charge in [-0.2, -0.15) is 18.2 Å². The Kier molecular flexibility index (Phi) is 5.93. The molecule has 1 unspecified atom stereocenters. The molecule has 5 nitrogen and oxygen atoms in total. The van der Waals surface area contributed by atoms with E-state index in [9.17, 15) is 13.2 Å². The van der Waals surface area contributed by atoms with Crippen LogP contribution in [0.15, 0.2) is 28.8 Å². The third-order valence-corrected chi connectivity index (χ3v) is 4.45. The van der Waals surface area contributed by atoms with Gasteiger partial charge in [-0.15, -0.1) is 0 Å². The average molecular weight is 369 g/mol. The molecule has 26 heavy (non-hydrogen) atoms. The molecule has 1 fully saturated rings. The number of hydrogen-bond acceptors (Lipinski definition) is 5. The highest BCUT2D eigenvalue weighted by Gasteiger charge is 2.30. The van der Waals surface area contributed by atoms with E-state index in [1.54, 1.807) is 0 Å². The van der Waals surface area contributed by atoms with Crippen LogP contribution in [-0.4, -0.2) is 41.3 Å². The molecule has 0 aliphatic carbocycles. The highest BCUT2D eigenvalue weighted by atomic mass is 19.4. The summed E-state index contributed by atoms with van der Waals surface area (Å²) < 4.78 is 48.8. The summed E-state index contributed by atoms with van der Waals surface area (Å²) in [5.74, 6) is 0.727. The van der Waals surface area contributed by atoms with E-state index in [1.807, 2.05) is 7.05 Å². The topological polar surface area (TPSA) is 51.4 Å². The summed E-state index contributed by atoms with van der Waals surface area (Å²) in [7, 11) is 1.96. The number of rotatable bonds is 6. The Morgan fingerprint density at radius 1 is 1.19 bits per heavy atom. The van der Waals surface area contributed by atoms with Gasteiger partial charge in [0.05, 0.1) is 18.2 Å². The van der Waals surface area contributed by atoms with Gasteiger partial charge in [0.15, 0.2) is 0 Å². The third-order valence-electron chi connectivity index (χ3n) is 4.45. The van der Waals surface area contributed by atoms with Crippen LogP contribution in [-0.2, 0) is 17.5 Å². The molecule has 2 heterocycles. The minimum Gasteiger partial charge on any atom is -0.378 e. The first-order valence-electron chi connectivity index (χ1n) is 8.72. The lowest BCUT2D eigenvalue weighted by Crippen LogP contribution is -2.26. The minimum atomic E-state index is -4.36. The molecule has 0 radical (unpaired) electrons. The van der Waals surface area contributed by atoms with E-state index < -0.39 is 11.7 Å². The standard InChI is InChI=1S/C18H22F3N3O2/c1-24(10-9-15-4-2-3-11-25-15)12-16-22-17(23-26-16)13-5-7-14(8-6-13)18(19,20)21/h5-8,15H,2-4,9-12H2,1H3. The van der Waals surface area contributed by atoms with Crippen LogP contribution in [0.5, 0.6) is 0 Å². The number of aromatic nitrogens is 2. The fraction of sp³-hybridized carbons (Fsp3) is 0.556. The highest BCUT2D eigenvalue weighted by molar-refractivity contribution is 5.54. The Balaban J connectivity index is 1.54. The van der Waals surface area contributed by atoms with Gasteiger partial charge in [-0.05, 0) is 44.9 Å². The van der Waals surface area contributed by atoms with Gasteiger partial charge in [0.2, 0.25) is 11.7 Å². The molecule has 1 aromatic heterocycles. The van der Waals surface area contributed by atoms with Crippen LogP contribution in [0.1, 0.15) is 37.1 Å². The maximum Gasteiger partial charge on any atom is 0.416 e. The van der Waals surface area contributed by atoms with E-state index in [1.165, 1.54) is 18.6 Å². The van der Waals surface area contributed by atoms with Crippen LogP contribution >= 0.6 is 0 Å². The van der Waals surface area contributed by atoms with Gasteiger partial charge < -0.3 is 9.26 Å². The Labute approximate surface area is 150 Å². The van der Waals surface area contributed by atoms with Gasteiger partial charge in [0, 0.05) is 18.7 Å². The van der Waals surface area contributed by atoms with Crippen molar-refractivity contribution in [3.63, 3.8) is 0 Å². The molecule has 1 atom stereocenters. The monoisotopic (exact) mass is 369 g/mol. The molecule has 2 aromatic rings. The maximum atomic E-state index is 12.6. The second-order valence-corrected chi connectivity index (χ2v) is 6.60. The first kappa shape index (κ1) is 18.8. The fourth-order valence-electron chi connectivity index (χ4n) is 2.95. The SMILES string of the molecule is CN(CCC1CCCCO1)Cc1nc(-c2ccc(C(F)(F)F)cc2)no1. The Bertz CT molecular complexity index is 694. The van der Waals surface area contributed by atoms with Crippen LogP contribution in [0.2, 0.25) is 0 Å². The third kappa shape index (κ3) is 5.04. The highest BCUT2D eigenvalue weighted by Crippen LogP contribution is 2.30. The van der Waals surface area contributed by atoms with Gasteiger partial charge >= 0.3 is 6.18 Å². The lowest BCUT2D eigenvalue weighted by atomic mass is 10.1. The van der Waals surface area contributed by atoms with E-state index >= 15 is 0 Å². The molecular formula is C18H22F3N3O2. The zero-order valence-electron chi connectivity index (χ0n) is 14.6. The van der Waals surface area contributed by atoms with Crippen molar-refractivity contribution in [3.8, 4) is 11.4 Å². The fourth-order valence-corrected chi connectivity index (χ4v) is 2.95. The van der Waals surface area contributed by atoms with Crippen LogP contribution in [0.3, 0.4) is 0 Å². The van der Waals surface area contributed by atoms with Crippen LogP contribution in [0.4, 0.5) is 13.2 Å². The molecule has 0 spiro atoms.